The van der Waals surface area contributed by atoms with Gasteiger partial charge in [-0.15, -0.1) is 11.3 Å². The van der Waals surface area contributed by atoms with Gasteiger partial charge in [-0.2, -0.15) is 0 Å². The highest BCUT2D eigenvalue weighted by Gasteiger charge is 2.42. The Bertz CT molecular complexity index is 1340. The van der Waals surface area contributed by atoms with E-state index in [0.717, 1.165) is 5.54 Å². The van der Waals surface area contributed by atoms with E-state index in [-0.39, 0.29) is 0 Å². The average Bonchev–Trinajstić information content (AvgIpc) is 3.28. The lowest BCUT2D eigenvalue weighted by Gasteiger charge is -2.40. The Morgan fingerprint density at radius 1 is 0.917 bits per heavy atom. The molecule has 1 nitrogen and oxygen atoms in total. The fourth-order valence-corrected chi connectivity index (χ4v) is 16.0. The van der Waals surface area contributed by atoms with Gasteiger partial charge in [-0.05, 0) is 81.2 Å². The molecule has 0 radical (unpaired) electrons. The number of hydrogen-bond donors (Lipinski definition) is 0. The highest BCUT2D eigenvalue weighted by Crippen LogP contribution is 2.45. The smallest absolute Gasteiger partial charge is 0.102 e. The molecule has 36 heavy (non-hydrogen) atoms. The molecule has 0 bridgehead atoms. The van der Waals surface area contributed by atoms with Crippen LogP contribution < -0.4 is 4.50 Å². The summed E-state index contributed by atoms with van der Waals surface area (Å²) in [6.45, 7) is 12.1. The van der Waals surface area contributed by atoms with Crippen LogP contribution in [0.15, 0.2) is 48.7 Å². The first-order valence-corrected chi connectivity index (χ1v) is 17.8. The van der Waals surface area contributed by atoms with Gasteiger partial charge in [-0.25, -0.2) is 0 Å². The quantitative estimate of drug-likeness (QED) is 0.213. The largest absolute Gasteiger partial charge is 0.255 e. The lowest BCUT2D eigenvalue weighted by molar-refractivity contribution is 0.491. The Labute approximate surface area is 223 Å². The summed E-state index contributed by atoms with van der Waals surface area (Å²) in [6, 6.07) is 18.9. The normalized spacial score (nSPS) is 15.4. The molecule has 2 aromatic carbocycles. The molecule has 1 saturated carbocycles. The number of hydrogen-bond acceptors (Lipinski definition) is 2. The molecule has 1 aliphatic carbocycles. The molecule has 2 heterocycles. The maximum Gasteiger partial charge on any atom is 0.102 e. The molecule has 0 unspecified atom stereocenters. The van der Waals surface area contributed by atoms with Gasteiger partial charge in [-0.1, -0.05) is 96.2 Å². The molecule has 4 aromatic rings. The van der Waals surface area contributed by atoms with E-state index in [0.29, 0.717) is 5.92 Å². The summed E-state index contributed by atoms with van der Waals surface area (Å²) >= 11 is 2.13. The zero-order valence-corrected chi connectivity index (χ0v) is 24.8. The van der Waals surface area contributed by atoms with E-state index < -0.39 is 8.07 Å². The van der Waals surface area contributed by atoms with E-state index >= 15 is 0 Å². The first-order valence-electron chi connectivity index (χ1n) is 14.5. The van der Waals surface area contributed by atoms with Crippen molar-refractivity contribution in [3.05, 3.63) is 59.8 Å². The fraction of sp³-hybridized carbons (Fsp3) is 0.485. The van der Waals surface area contributed by atoms with Gasteiger partial charge in [0, 0.05) is 11.8 Å². The van der Waals surface area contributed by atoms with Crippen LogP contribution >= 0.6 is 11.3 Å². The van der Waals surface area contributed by atoms with Gasteiger partial charge in [-0.3, -0.25) is 4.98 Å². The van der Waals surface area contributed by atoms with Crippen LogP contribution in [0.3, 0.4) is 0 Å². The van der Waals surface area contributed by atoms with Crippen LogP contribution in [0.25, 0.3) is 32.1 Å². The van der Waals surface area contributed by atoms with Crippen LogP contribution in [-0.4, -0.2) is 13.1 Å². The van der Waals surface area contributed by atoms with Crippen molar-refractivity contribution >= 4 is 44.8 Å². The number of rotatable bonds is 8. The predicted octanol–water partition coefficient (Wildman–Crippen LogP) is 10.4. The molecule has 0 aliphatic heterocycles. The molecule has 0 atom stereocenters. The molecule has 1 fully saturated rings. The second kappa shape index (κ2) is 10.8. The molecule has 0 spiro atoms. The average molecular weight is 514 g/mol. The molecule has 5 rings (SSSR count). The lowest BCUT2D eigenvalue weighted by atomic mass is 9.87. The van der Waals surface area contributed by atoms with Gasteiger partial charge in [0.05, 0.1) is 10.4 Å². The highest BCUT2D eigenvalue weighted by molar-refractivity contribution is 7.32. The van der Waals surface area contributed by atoms with Crippen molar-refractivity contribution in [2.24, 2.45) is 0 Å². The van der Waals surface area contributed by atoms with E-state index in [1.165, 1.54) is 94.7 Å². The zero-order chi connectivity index (χ0) is 25.3. The maximum atomic E-state index is 5.06. The molecule has 0 amide bonds. The van der Waals surface area contributed by atoms with Gasteiger partial charge in [0.2, 0.25) is 0 Å². The van der Waals surface area contributed by atoms with E-state index in [1.54, 1.807) is 10.1 Å². The summed E-state index contributed by atoms with van der Waals surface area (Å²) in [7, 11) is -1.56. The molecular weight excluding hydrogens is 471 g/mol. The summed E-state index contributed by atoms with van der Waals surface area (Å²) in [4.78, 5) is 5.06. The van der Waals surface area contributed by atoms with Gasteiger partial charge >= 0.3 is 0 Å². The minimum Gasteiger partial charge on any atom is -0.255 e. The van der Waals surface area contributed by atoms with Crippen LogP contribution in [0.4, 0.5) is 0 Å². The Hall–Kier alpha value is -1.97. The SMILES string of the molecule is CCC(CC)c1cc(-c2nccc3c(C)c([Si](CC)(CC)C4CCCCC4)sc23)cc2ccccc12. The molecule has 190 valence electrons. The summed E-state index contributed by atoms with van der Waals surface area (Å²) in [5.41, 5.74) is 6.51. The van der Waals surface area contributed by atoms with Crippen molar-refractivity contribution < 1.29 is 0 Å². The number of thiophene rings is 1. The Morgan fingerprint density at radius 2 is 1.64 bits per heavy atom. The topological polar surface area (TPSA) is 12.9 Å². The molecular formula is C33H43NSSi. The van der Waals surface area contributed by atoms with Crippen molar-refractivity contribution in [2.75, 3.05) is 0 Å². The first-order chi connectivity index (χ1) is 17.6. The summed E-state index contributed by atoms with van der Waals surface area (Å²) in [5, 5.41) is 4.20. The van der Waals surface area contributed by atoms with Crippen LogP contribution in [0, 0.1) is 6.92 Å². The highest BCUT2D eigenvalue weighted by atomic mass is 32.1. The van der Waals surface area contributed by atoms with E-state index in [1.807, 2.05) is 0 Å². The Kier molecular flexibility index (Phi) is 7.69. The lowest BCUT2D eigenvalue weighted by Crippen LogP contribution is -2.50. The van der Waals surface area contributed by atoms with E-state index in [9.17, 15) is 0 Å². The second-order valence-corrected chi connectivity index (χ2v) is 17.5. The monoisotopic (exact) mass is 513 g/mol. The summed E-state index contributed by atoms with van der Waals surface area (Å²) < 4.78 is 3.20. The molecule has 0 N–H and O–H groups in total. The van der Waals surface area contributed by atoms with Gasteiger partial charge in [0.15, 0.2) is 0 Å². The van der Waals surface area contributed by atoms with Crippen LogP contribution in [0.1, 0.15) is 89.7 Å². The van der Waals surface area contributed by atoms with Crippen LogP contribution in [0.5, 0.6) is 0 Å². The third-order valence-electron chi connectivity index (χ3n) is 9.55. The van der Waals surface area contributed by atoms with Crippen LogP contribution in [-0.2, 0) is 0 Å². The van der Waals surface area contributed by atoms with E-state index in [2.05, 4.69) is 94.6 Å². The third-order valence-corrected chi connectivity index (χ3v) is 18.1. The van der Waals surface area contributed by atoms with Crippen molar-refractivity contribution in [3.63, 3.8) is 0 Å². The molecule has 2 aromatic heterocycles. The number of aromatic nitrogens is 1. The van der Waals surface area contributed by atoms with Crippen molar-refractivity contribution in [2.45, 2.75) is 103 Å². The molecule has 1 aliphatic rings. The van der Waals surface area contributed by atoms with Gasteiger partial charge < -0.3 is 0 Å². The summed E-state index contributed by atoms with van der Waals surface area (Å²) in [6.07, 6.45) is 11.6. The number of aryl methyl sites for hydroxylation is 1. The number of fused-ring (bicyclic) bond motifs is 2. The Morgan fingerprint density at radius 3 is 2.33 bits per heavy atom. The zero-order valence-electron chi connectivity index (χ0n) is 23.0. The van der Waals surface area contributed by atoms with Gasteiger partial charge in [0.25, 0.3) is 0 Å². The minimum absolute atomic E-state index is 0.584. The van der Waals surface area contributed by atoms with Gasteiger partial charge in [0.1, 0.15) is 8.07 Å². The number of benzene rings is 2. The maximum absolute atomic E-state index is 5.06. The van der Waals surface area contributed by atoms with Crippen LogP contribution in [0.2, 0.25) is 17.6 Å². The fourth-order valence-electron chi connectivity index (χ4n) is 7.36. The van der Waals surface area contributed by atoms with E-state index in [4.69, 9.17) is 4.98 Å². The second-order valence-electron chi connectivity index (χ2n) is 11.1. The molecule has 3 heteroatoms. The number of nitrogens with zero attached hydrogens (tertiary/aromatic N) is 1. The third kappa shape index (κ3) is 4.26. The van der Waals surface area contributed by atoms with Crippen molar-refractivity contribution in [3.8, 4) is 11.3 Å². The Balaban J connectivity index is 1.72. The van der Waals surface area contributed by atoms with Crippen molar-refractivity contribution in [1.29, 1.82) is 0 Å². The number of pyridine rings is 1. The predicted molar refractivity (Wildman–Crippen MR) is 164 cm³/mol. The standard InChI is InChI=1S/C33H43NSSi/c1-6-24(7-2)30-22-26(21-25-15-13-14-18-29(25)30)31-32-28(19-20-34-31)23(5)33(35-32)36(8-3,9-4)27-16-11-10-12-17-27/h13-15,18-22,24,27H,6-12,16-17H2,1-5H3. The summed E-state index contributed by atoms with van der Waals surface area (Å²) in [5.74, 6) is 0.584. The molecule has 0 saturated heterocycles. The van der Waals surface area contributed by atoms with Crippen molar-refractivity contribution in [1.82, 2.24) is 4.98 Å². The minimum atomic E-state index is -1.56. The first kappa shape index (κ1) is 25.7.